The number of rotatable bonds is 8. The highest BCUT2D eigenvalue weighted by atomic mass is 16.3. The van der Waals surface area contributed by atoms with Gasteiger partial charge in [-0.2, -0.15) is 0 Å². The van der Waals surface area contributed by atoms with E-state index < -0.39 is 5.41 Å². The number of aliphatic hydroxyl groups is 3. The number of benzene rings is 3. The smallest absolute Gasteiger partial charge is 0.123 e. The van der Waals surface area contributed by atoms with Crippen LogP contribution in [0.25, 0.3) is 16.7 Å². The Bertz CT molecular complexity index is 1480. The Morgan fingerprint density at radius 2 is 1.33 bits per heavy atom. The number of hydrogen-bond donors (Lipinski definition) is 4. The summed E-state index contributed by atoms with van der Waals surface area (Å²) in [5, 5.41) is 41.5. The first-order valence-electron chi connectivity index (χ1n) is 12.9. The van der Waals surface area contributed by atoms with Crippen molar-refractivity contribution in [2.45, 2.75) is 47.0 Å². The molecule has 0 bridgehead atoms. The van der Waals surface area contributed by atoms with Crippen molar-refractivity contribution < 1.29 is 20.4 Å². The molecule has 4 N–H and O–H groups in total. The molecule has 4 nitrogen and oxygen atoms in total. The molecule has 0 fully saturated rings. The van der Waals surface area contributed by atoms with Gasteiger partial charge in [0.1, 0.15) is 11.5 Å². The van der Waals surface area contributed by atoms with Gasteiger partial charge in [-0.1, -0.05) is 73.3 Å². The average Bonchev–Trinajstić information content (AvgIpc) is 2.93. The molecule has 4 heteroatoms. The molecule has 0 saturated carbocycles. The van der Waals surface area contributed by atoms with Crippen LogP contribution in [0.2, 0.25) is 0 Å². The number of allylic oxidation sites excluding steroid dienone is 7. The van der Waals surface area contributed by atoms with Gasteiger partial charge >= 0.3 is 0 Å². The zero-order chi connectivity index (χ0) is 28.9. The van der Waals surface area contributed by atoms with Crippen molar-refractivity contribution in [2.75, 3.05) is 0 Å². The predicted molar refractivity (Wildman–Crippen MR) is 162 cm³/mol. The molecule has 39 heavy (non-hydrogen) atoms. The molecule has 0 aliphatic heterocycles. The Morgan fingerprint density at radius 3 is 1.85 bits per heavy atom. The van der Waals surface area contributed by atoms with Crippen molar-refractivity contribution in [3.8, 4) is 16.9 Å². The minimum absolute atomic E-state index is 0.0723. The van der Waals surface area contributed by atoms with E-state index in [0.717, 1.165) is 27.8 Å². The molecule has 0 aliphatic carbocycles. The Morgan fingerprint density at radius 1 is 0.769 bits per heavy atom. The normalized spacial score (nSPS) is 15.2. The Hall–Kier alpha value is -4.44. The monoisotopic (exact) mass is 522 g/mol. The number of phenolic OH excluding ortho intramolecular Hbond substituents is 1. The quantitative estimate of drug-likeness (QED) is 0.175. The van der Waals surface area contributed by atoms with E-state index in [0.29, 0.717) is 22.3 Å². The SMILES string of the molecule is C=C(O)C(=C\C(=C/C)C(C)(c1ccc(-c2ccccc2)cc1)c1ccc(O)c(/C(C)=C(/C)O)c1)/C(C)=C(/C)O. The highest BCUT2D eigenvalue weighted by Gasteiger charge is 2.33. The van der Waals surface area contributed by atoms with Gasteiger partial charge < -0.3 is 20.4 Å². The second kappa shape index (κ2) is 12.0. The number of aromatic hydroxyl groups is 1. The fourth-order valence-corrected chi connectivity index (χ4v) is 4.74. The van der Waals surface area contributed by atoms with E-state index in [1.165, 1.54) is 0 Å². The summed E-state index contributed by atoms with van der Waals surface area (Å²) in [4.78, 5) is 0. The average molecular weight is 523 g/mol. The van der Waals surface area contributed by atoms with Gasteiger partial charge in [-0.25, -0.2) is 0 Å². The lowest BCUT2D eigenvalue weighted by Gasteiger charge is -2.34. The molecular formula is C35H38O4. The third-order valence-electron chi connectivity index (χ3n) is 7.54. The van der Waals surface area contributed by atoms with E-state index in [1.54, 1.807) is 33.8 Å². The van der Waals surface area contributed by atoms with E-state index in [-0.39, 0.29) is 23.0 Å². The molecule has 1 unspecified atom stereocenters. The molecule has 0 amide bonds. The topological polar surface area (TPSA) is 80.9 Å². The molecule has 3 aromatic carbocycles. The molecule has 3 rings (SSSR count). The minimum atomic E-state index is -0.750. The third-order valence-corrected chi connectivity index (χ3v) is 7.54. The molecule has 0 aromatic heterocycles. The molecule has 202 valence electrons. The highest BCUT2D eigenvalue weighted by molar-refractivity contribution is 5.72. The second-order valence-corrected chi connectivity index (χ2v) is 9.97. The van der Waals surface area contributed by atoms with E-state index in [4.69, 9.17) is 0 Å². The molecular weight excluding hydrogens is 484 g/mol. The van der Waals surface area contributed by atoms with E-state index in [2.05, 4.69) is 49.9 Å². The van der Waals surface area contributed by atoms with Crippen molar-refractivity contribution >= 4 is 5.57 Å². The standard InChI is InChI=1S/C35H38O4/c1-8-29(20-32(26(6)38)22(2)24(4)36)35(7,31-18-19-34(39)33(21-31)23(3)25(5)37)30-16-14-28(15-17-30)27-12-10-9-11-13-27/h8-21,36-39H,6H2,1-5,7H3/b24-22-,25-23-,29-8+,32-20-. The first-order valence-corrected chi connectivity index (χ1v) is 12.9. The van der Waals surface area contributed by atoms with Gasteiger partial charge in [-0.05, 0) is 98.7 Å². The summed E-state index contributed by atoms with van der Waals surface area (Å²) in [6.45, 7) is 14.4. The molecule has 0 heterocycles. The summed E-state index contributed by atoms with van der Waals surface area (Å²) in [5.41, 5.74) is 6.21. The number of hydrogen-bond acceptors (Lipinski definition) is 4. The van der Waals surface area contributed by atoms with Crippen LogP contribution in [-0.2, 0) is 5.41 Å². The third kappa shape index (κ3) is 6.01. The van der Waals surface area contributed by atoms with Crippen LogP contribution in [-0.4, -0.2) is 20.4 Å². The van der Waals surface area contributed by atoms with Crippen LogP contribution in [0, 0.1) is 0 Å². The van der Waals surface area contributed by atoms with Gasteiger partial charge in [0.15, 0.2) is 0 Å². The maximum absolute atomic E-state index is 10.7. The molecule has 0 aliphatic rings. The van der Waals surface area contributed by atoms with E-state index in [1.807, 2.05) is 49.4 Å². The van der Waals surface area contributed by atoms with Crippen molar-refractivity contribution in [3.63, 3.8) is 0 Å². The zero-order valence-electron chi connectivity index (χ0n) is 23.6. The summed E-state index contributed by atoms with van der Waals surface area (Å²) in [6, 6.07) is 23.9. The van der Waals surface area contributed by atoms with Gasteiger partial charge in [-0.3, -0.25) is 0 Å². The first-order chi connectivity index (χ1) is 18.4. The lowest BCUT2D eigenvalue weighted by molar-refractivity contribution is 0.401. The highest BCUT2D eigenvalue weighted by Crippen LogP contribution is 2.43. The van der Waals surface area contributed by atoms with Gasteiger partial charge in [0.2, 0.25) is 0 Å². The largest absolute Gasteiger partial charge is 0.512 e. The van der Waals surface area contributed by atoms with Crippen molar-refractivity contribution in [2.24, 2.45) is 0 Å². The van der Waals surface area contributed by atoms with Crippen LogP contribution >= 0.6 is 0 Å². The molecule has 0 saturated heterocycles. The lowest BCUT2D eigenvalue weighted by Crippen LogP contribution is -2.26. The van der Waals surface area contributed by atoms with Gasteiger partial charge in [-0.15, -0.1) is 0 Å². The first kappa shape index (κ1) is 29.1. The van der Waals surface area contributed by atoms with Crippen molar-refractivity contribution in [1.29, 1.82) is 0 Å². The molecule has 0 radical (unpaired) electrons. The summed E-state index contributed by atoms with van der Waals surface area (Å²) in [5.74, 6) is 0.138. The van der Waals surface area contributed by atoms with E-state index >= 15 is 0 Å². The maximum Gasteiger partial charge on any atom is 0.123 e. The second-order valence-electron chi connectivity index (χ2n) is 9.97. The van der Waals surface area contributed by atoms with Gasteiger partial charge in [0, 0.05) is 16.6 Å². The lowest BCUT2D eigenvalue weighted by atomic mass is 9.69. The maximum atomic E-state index is 10.7. The fourth-order valence-electron chi connectivity index (χ4n) is 4.74. The number of aliphatic hydroxyl groups excluding tert-OH is 3. The Kier molecular flexibility index (Phi) is 8.92. The predicted octanol–water partition coefficient (Wildman–Crippen LogP) is 9.47. The van der Waals surface area contributed by atoms with Gasteiger partial charge in [0.05, 0.1) is 11.5 Å². The number of phenols is 1. The summed E-state index contributed by atoms with van der Waals surface area (Å²) < 4.78 is 0. The van der Waals surface area contributed by atoms with Crippen LogP contribution in [0.4, 0.5) is 0 Å². The van der Waals surface area contributed by atoms with Crippen LogP contribution in [0.15, 0.2) is 126 Å². The Balaban J connectivity index is 2.34. The molecule has 3 aromatic rings. The van der Waals surface area contributed by atoms with Crippen molar-refractivity contribution in [1.82, 2.24) is 0 Å². The van der Waals surface area contributed by atoms with Crippen LogP contribution in [0.5, 0.6) is 5.75 Å². The van der Waals surface area contributed by atoms with Crippen LogP contribution in [0.3, 0.4) is 0 Å². The minimum Gasteiger partial charge on any atom is -0.512 e. The zero-order valence-corrected chi connectivity index (χ0v) is 23.6. The summed E-state index contributed by atoms with van der Waals surface area (Å²) >= 11 is 0. The Labute approximate surface area is 231 Å². The van der Waals surface area contributed by atoms with E-state index in [9.17, 15) is 20.4 Å². The van der Waals surface area contributed by atoms with Crippen molar-refractivity contribution in [3.05, 3.63) is 142 Å². The summed E-state index contributed by atoms with van der Waals surface area (Å²) in [6.07, 6.45) is 3.82. The molecule has 1 atom stereocenters. The molecule has 0 spiro atoms. The van der Waals surface area contributed by atoms with Gasteiger partial charge in [0.25, 0.3) is 0 Å². The summed E-state index contributed by atoms with van der Waals surface area (Å²) in [7, 11) is 0. The van der Waals surface area contributed by atoms with Crippen LogP contribution in [0.1, 0.15) is 58.2 Å². The van der Waals surface area contributed by atoms with Crippen LogP contribution < -0.4 is 0 Å². The fraction of sp³-hybridized carbons (Fsp3) is 0.200.